The van der Waals surface area contributed by atoms with E-state index in [1.54, 1.807) is 0 Å². The Morgan fingerprint density at radius 3 is 1.04 bits per heavy atom. The van der Waals surface area contributed by atoms with Gasteiger partial charge in [0.05, 0.1) is 44.8 Å². The van der Waals surface area contributed by atoms with E-state index in [0.717, 1.165) is 128 Å². The van der Waals surface area contributed by atoms with E-state index in [1.165, 1.54) is 21.5 Å². The molecule has 6 nitrogen and oxygen atoms in total. The van der Waals surface area contributed by atoms with Gasteiger partial charge in [-0.2, -0.15) is 0 Å². The summed E-state index contributed by atoms with van der Waals surface area (Å²) in [5.74, 6) is 3.20. The summed E-state index contributed by atoms with van der Waals surface area (Å²) in [6, 6.07) is 103. The molecule has 4 heterocycles. The standard InChI is InChI=1S/C74H47BN4O2/c1-5-24-48(25-6-1)76-58-38-19-17-36-56(58)70-60(76)40-21-42-62(70)78(50-28-9-3-10-29-50)64-46-68-72(54-34-15-13-32-52(54)64)75-73-55-35-16-14-33-53(55)65(47-69(73)81-67-45-23-44-66(80-68)74(67)75)79(51-30-11-4-12-31-51)63-43-22-41-61-71(63)57-37-18-20-39-59(57)77(61)49-26-7-2-8-27-49/h1-47H. The predicted molar refractivity (Wildman–Crippen MR) is 337 cm³/mol. The van der Waals surface area contributed by atoms with Crippen molar-refractivity contribution < 1.29 is 9.47 Å². The second kappa shape index (κ2) is 17.9. The van der Waals surface area contributed by atoms with E-state index in [1.807, 2.05) is 0 Å². The number of hydrogen-bond donors (Lipinski definition) is 0. The van der Waals surface area contributed by atoms with Crippen molar-refractivity contribution in [2.24, 2.45) is 0 Å². The van der Waals surface area contributed by atoms with E-state index in [4.69, 9.17) is 9.47 Å². The van der Waals surface area contributed by atoms with Crippen molar-refractivity contribution in [1.82, 2.24) is 9.13 Å². The van der Waals surface area contributed by atoms with Crippen LogP contribution in [0.4, 0.5) is 34.1 Å². The smallest absolute Gasteiger partial charge is 0.262 e. The molecule has 0 aliphatic carbocycles. The number of fused-ring (bicyclic) bond motifs is 14. The highest BCUT2D eigenvalue weighted by Gasteiger charge is 2.43. The molecule has 0 fully saturated rings. The molecule has 0 radical (unpaired) electrons. The first-order chi connectivity index (χ1) is 40.2. The number of anilines is 6. The summed E-state index contributed by atoms with van der Waals surface area (Å²) < 4.78 is 19.4. The summed E-state index contributed by atoms with van der Waals surface area (Å²) in [6.45, 7) is -0.239. The lowest BCUT2D eigenvalue weighted by atomic mass is 9.33. The van der Waals surface area contributed by atoms with Crippen LogP contribution in [0.2, 0.25) is 0 Å². The predicted octanol–water partition coefficient (Wildman–Crippen LogP) is 17.9. The van der Waals surface area contributed by atoms with Gasteiger partial charge in [-0.25, -0.2) is 0 Å². The molecule has 81 heavy (non-hydrogen) atoms. The van der Waals surface area contributed by atoms with Crippen LogP contribution in [0.25, 0.3) is 76.5 Å². The summed E-state index contributed by atoms with van der Waals surface area (Å²) in [4.78, 5) is 4.88. The number of aromatic nitrogens is 2. The Labute approximate surface area is 467 Å². The Hall–Kier alpha value is -10.8. The molecule has 7 heteroatoms. The van der Waals surface area contributed by atoms with Crippen LogP contribution in [0.5, 0.6) is 23.0 Å². The first kappa shape index (κ1) is 45.3. The van der Waals surface area contributed by atoms with Crippen molar-refractivity contribution in [3.05, 3.63) is 285 Å². The van der Waals surface area contributed by atoms with Gasteiger partial charge in [0, 0.05) is 72.7 Å². The van der Waals surface area contributed by atoms with E-state index in [-0.39, 0.29) is 6.71 Å². The van der Waals surface area contributed by atoms with Gasteiger partial charge in [-0.1, -0.05) is 176 Å². The molecular weight excluding hydrogens is 988 g/mol. The zero-order chi connectivity index (χ0) is 53.1. The second-order valence-electron chi connectivity index (χ2n) is 21.1. The summed E-state index contributed by atoms with van der Waals surface area (Å²) in [6.07, 6.45) is 0. The van der Waals surface area contributed by atoms with Crippen molar-refractivity contribution in [2.45, 2.75) is 0 Å². The van der Waals surface area contributed by atoms with E-state index in [2.05, 4.69) is 304 Å². The monoisotopic (exact) mass is 1030 g/mol. The van der Waals surface area contributed by atoms with Gasteiger partial charge in [-0.3, -0.25) is 0 Å². The maximum Gasteiger partial charge on any atom is 0.262 e. The molecule has 0 unspecified atom stereocenters. The largest absolute Gasteiger partial charge is 0.458 e. The maximum absolute atomic E-state index is 7.31. The molecule has 0 spiro atoms. The molecule has 0 saturated heterocycles. The molecule has 2 aliphatic heterocycles. The fourth-order valence-electron chi connectivity index (χ4n) is 13.6. The molecule has 2 aromatic heterocycles. The third kappa shape index (κ3) is 6.76. The summed E-state index contributed by atoms with van der Waals surface area (Å²) in [5.41, 5.74) is 16.3. The van der Waals surface area contributed by atoms with Gasteiger partial charge in [0.1, 0.15) is 23.0 Å². The average molecular weight is 1040 g/mol. The van der Waals surface area contributed by atoms with Crippen molar-refractivity contribution in [3.63, 3.8) is 0 Å². The van der Waals surface area contributed by atoms with Crippen molar-refractivity contribution in [2.75, 3.05) is 9.80 Å². The Morgan fingerprint density at radius 2 is 0.605 bits per heavy atom. The minimum atomic E-state index is -0.239. The minimum absolute atomic E-state index is 0.239. The first-order valence-corrected chi connectivity index (χ1v) is 27.7. The zero-order valence-corrected chi connectivity index (χ0v) is 43.8. The molecule has 0 amide bonds. The molecule has 0 saturated carbocycles. The second-order valence-corrected chi connectivity index (χ2v) is 21.1. The topological polar surface area (TPSA) is 34.8 Å². The molecule has 17 rings (SSSR count). The lowest BCUT2D eigenvalue weighted by Gasteiger charge is -2.37. The molecule has 15 aromatic rings. The van der Waals surface area contributed by atoms with E-state index in [9.17, 15) is 0 Å². The lowest BCUT2D eigenvalue weighted by Crippen LogP contribution is -2.58. The molecule has 13 aromatic carbocycles. The number of ether oxygens (including phenoxy) is 2. The van der Waals surface area contributed by atoms with Gasteiger partial charge in [0.15, 0.2) is 0 Å². The third-order valence-electron chi connectivity index (χ3n) is 16.8. The van der Waals surface area contributed by atoms with Crippen molar-refractivity contribution in [1.29, 1.82) is 0 Å². The van der Waals surface area contributed by atoms with Crippen LogP contribution in [0.15, 0.2) is 285 Å². The Morgan fingerprint density at radius 1 is 0.259 bits per heavy atom. The van der Waals surface area contributed by atoms with Crippen LogP contribution in [0.3, 0.4) is 0 Å². The van der Waals surface area contributed by atoms with Crippen LogP contribution in [-0.2, 0) is 0 Å². The summed E-state index contributed by atoms with van der Waals surface area (Å²) in [5, 5.41) is 9.15. The van der Waals surface area contributed by atoms with E-state index < -0.39 is 0 Å². The number of hydrogen-bond acceptors (Lipinski definition) is 4. The number of para-hydroxylation sites is 6. The molecule has 0 N–H and O–H groups in total. The van der Waals surface area contributed by atoms with Gasteiger partial charge in [0.25, 0.3) is 6.71 Å². The summed E-state index contributed by atoms with van der Waals surface area (Å²) in [7, 11) is 0. The van der Waals surface area contributed by atoms with Crippen LogP contribution < -0.4 is 35.7 Å². The van der Waals surface area contributed by atoms with Gasteiger partial charge < -0.3 is 28.4 Å². The Bertz CT molecular complexity index is 4710. The molecule has 0 atom stereocenters. The van der Waals surface area contributed by atoms with Crippen molar-refractivity contribution >= 4 is 122 Å². The summed E-state index contributed by atoms with van der Waals surface area (Å²) >= 11 is 0. The lowest BCUT2D eigenvalue weighted by molar-refractivity contribution is 0.465. The van der Waals surface area contributed by atoms with Gasteiger partial charge in [0.2, 0.25) is 0 Å². The van der Waals surface area contributed by atoms with Crippen LogP contribution in [0, 0.1) is 0 Å². The third-order valence-corrected chi connectivity index (χ3v) is 16.8. The van der Waals surface area contributed by atoms with E-state index >= 15 is 0 Å². The first-order valence-electron chi connectivity index (χ1n) is 27.7. The zero-order valence-electron chi connectivity index (χ0n) is 43.8. The quantitative estimate of drug-likeness (QED) is 0.142. The molecular formula is C74H47BN4O2. The Kier molecular flexibility index (Phi) is 10.0. The fourth-order valence-corrected chi connectivity index (χ4v) is 13.6. The molecule has 0 bridgehead atoms. The Balaban J connectivity index is 0.910. The minimum Gasteiger partial charge on any atom is -0.458 e. The van der Waals surface area contributed by atoms with Crippen LogP contribution in [-0.4, -0.2) is 15.8 Å². The van der Waals surface area contributed by atoms with Gasteiger partial charge in [-0.15, -0.1) is 0 Å². The molecule has 2 aliphatic rings. The van der Waals surface area contributed by atoms with Crippen molar-refractivity contribution in [3.8, 4) is 34.4 Å². The van der Waals surface area contributed by atoms with Gasteiger partial charge >= 0.3 is 0 Å². The number of benzene rings is 13. The average Bonchev–Trinajstić information content (AvgIpc) is 3.37. The highest BCUT2D eigenvalue weighted by molar-refractivity contribution is 7.01. The molecule has 378 valence electrons. The number of rotatable bonds is 8. The van der Waals surface area contributed by atoms with E-state index in [0.29, 0.717) is 0 Å². The normalized spacial score (nSPS) is 12.4. The number of nitrogens with zero attached hydrogens (tertiary/aromatic N) is 4. The maximum atomic E-state index is 7.31. The van der Waals surface area contributed by atoms with Gasteiger partial charge in [-0.05, 0) is 119 Å². The highest BCUT2D eigenvalue weighted by Crippen LogP contribution is 2.51. The SMILES string of the molecule is c1ccc(N(c2cc3c(c4ccccc24)B2c4c(cccc4Oc4cc(N(c5ccccc5)c5cccc6c5c5ccccc5n6-c5ccccc5)c5ccccc5c42)O3)c2cccc3c2c2ccccc2n3-c2ccccc2)cc1. The highest BCUT2D eigenvalue weighted by atomic mass is 16.5. The fraction of sp³-hybridized carbons (Fsp3) is 0. The van der Waals surface area contributed by atoms with Crippen LogP contribution in [0.1, 0.15) is 0 Å². The van der Waals surface area contributed by atoms with Crippen LogP contribution >= 0.6 is 0 Å².